The van der Waals surface area contributed by atoms with Gasteiger partial charge in [-0.15, -0.1) is 0 Å². The second-order valence-electron chi connectivity index (χ2n) is 2.39. The Hall–Kier alpha value is -0.770. The Bertz CT molecular complexity index is 265. The van der Waals surface area contributed by atoms with Gasteiger partial charge < -0.3 is 9.94 Å². The van der Waals surface area contributed by atoms with Crippen molar-refractivity contribution < 1.29 is 9.94 Å². The summed E-state index contributed by atoms with van der Waals surface area (Å²) < 4.78 is 0. The molecule has 0 saturated heterocycles. The Morgan fingerprint density at radius 1 is 1.50 bits per heavy atom. The normalized spacial score (nSPS) is 10.2. The van der Waals surface area contributed by atoms with Crippen LogP contribution in [0.2, 0.25) is 5.02 Å². The van der Waals surface area contributed by atoms with Gasteiger partial charge >= 0.3 is 0 Å². The number of halogens is 1. The molecule has 1 aromatic carbocycles. The molecule has 0 spiro atoms. The van der Waals surface area contributed by atoms with E-state index in [9.17, 15) is 5.11 Å². The van der Waals surface area contributed by atoms with Gasteiger partial charge in [-0.1, -0.05) is 17.7 Å². The molecule has 0 amide bonds. The SMILES string of the molecule is NOCCc1ccc(Cl)cc1O. The highest BCUT2D eigenvalue weighted by Crippen LogP contribution is 2.21. The predicted molar refractivity (Wildman–Crippen MR) is 47.0 cm³/mol. The minimum atomic E-state index is 0.180. The van der Waals surface area contributed by atoms with Crippen molar-refractivity contribution >= 4 is 11.6 Å². The van der Waals surface area contributed by atoms with Gasteiger partial charge in [0, 0.05) is 11.4 Å². The van der Waals surface area contributed by atoms with Gasteiger partial charge in [0.2, 0.25) is 0 Å². The van der Waals surface area contributed by atoms with Crippen molar-refractivity contribution in [3.05, 3.63) is 28.8 Å². The van der Waals surface area contributed by atoms with Gasteiger partial charge in [-0.05, 0) is 17.7 Å². The molecule has 0 aliphatic rings. The van der Waals surface area contributed by atoms with Crippen molar-refractivity contribution in [2.45, 2.75) is 6.42 Å². The second kappa shape index (κ2) is 4.30. The van der Waals surface area contributed by atoms with Crippen LogP contribution in [0.25, 0.3) is 0 Å². The van der Waals surface area contributed by atoms with E-state index in [1.807, 2.05) is 0 Å². The molecular weight excluding hydrogens is 178 g/mol. The molecule has 0 aliphatic heterocycles. The smallest absolute Gasteiger partial charge is 0.120 e. The summed E-state index contributed by atoms with van der Waals surface area (Å²) in [5, 5.41) is 9.86. The standard InChI is InChI=1S/C8H10ClNO2/c9-7-2-1-6(3-4-12-10)8(11)5-7/h1-2,5,11H,3-4,10H2. The van der Waals surface area contributed by atoms with Gasteiger partial charge in [-0.3, -0.25) is 0 Å². The molecule has 3 nitrogen and oxygen atoms in total. The fourth-order valence-electron chi connectivity index (χ4n) is 0.917. The van der Waals surface area contributed by atoms with Crippen LogP contribution in [-0.4, -0.2) is 11.7 Å². The summed E-state index contributed by atoms with van der Waals surface area (Å²) in [6.07, 6.45) is 0.583. The Morgan fingerprint density at radius 2 is 2.25 bits per heavy atom. The number of phenols is 1. The van der Waals surface area contributed by atoms with Crippen molar-refractivity contribution in [1.82, 2.24) is 0 Å². The van der Waals surface area contributed by atoms with Crippen LogP contribution >= 0.6 is 11.6 Å². The second-order valence-corrected chi connectivity index (χ2v) is 2.83. The number of hydrogen-bond acceptors (Lipinski definition) is 3. The number of hydrogen-bond donors (Lipinski definition) is 2. The first-order valence-corrected chi connectivity index (χ1v) is 3.91. The van der Waals surface area contributed by atoms with E-state index in [-0.39, 0.29) is 5.75 Å². The first-order valence-electron chi connectivity index (χ1n) is 3.53. The highest BCUT2D eigenvalue weighted by Gasteiger charge is 2.00. The van der Waals surface area contributed by atoms with Crippen molar-refractivity contribution in [1.29, 1.82) is 0 Å². The summed E-state index contributed by atoms with van der Waals surface area (Å²) >= 11 is 5.64. The number of rotatable bonds is 3. The van der Waals surface area contributed by atoms with Crippen LogP contribution in [0.4, 0.5) is 0 Å². The van der Waals surface area contributed by atoms with Gasteiger partial charge in [0.1, 0.15) is 5.75 Å². The van der Waals surface area contributed by atoms with Crippen molar-refractivity contribution in [2.24, 2.45) is 5.90 Å². The zero-order chi connectivity index (χ0) is 8.97. The number of nitrogens with two attached hydrogens (primary N) is 1. The molecule has 0 radical (unpaired) electrons. The van der Waals surface area contributed by atoms with Crippen molar-refractivity contribution in [3.8, 4) is 5.75 Å². The van der Waals surface area contributed by atoms with Gasteiger partial charge in [-0.2, -0.15) is 0 Å². The maximum absolute atomic E-state index is 9.34. The van der Waals surface area contributed by atoms with Crippen molar-refractivity contribution in [3.63, 3.8) is 0 Å². The fraction of sp³-hybridized carbons (Fsp3) is 0.250. The molecule has 0 fully saturated rings. The summed E-state index contributed by atoms with van der Waals surface area (Å²) in [6.45, 7) is 0.384. The predicted octanol–water partition coefficient (Wildman–Crippen LogP) is 1.48. The number of aromatic hydroxyl groups is 1. The molecule has 66 valence electrons. The maximum atomic E-state index is 9.34. The fourth-order valence-corrected chi connectivity index (χ4v) is 1.08. The lowest BCUT2D eigenvalue weighted by Gasteiger charge is -2.02. The Kier molecular flexibility index (Phi) is 3.34. The molecule has 0 bridgehead atoms. The lowest BCUT2D eigenvalue weighted by Crippen LogP contribution is -2.03. The minimum Gasteiger partial charge on any atom is -0.508 e. The largest absolute Gasteiger partial charge is 0.508 e. The molecule has 0 saturated carbocycles. The quantitative estimate of drug-likeness (QED) is 0.705. The Balaban J connectivity index is 2.72. The monoisotopic (exact) mass is 187 g/mol. The molecule has 0 aliphatic carbocycles. The molecule has 12 heavy (non-hydrogen) atoms. The van der Waals surface area contributed by atoms with E-state index in [1.165, 1.54) is 6.07 Å². The third kappa shape index (κ3) is 2.37. The highest BCUT2D eigenvalue weighted by atomic mass is 35.5. The molecule has 3 N–H and O–H groups in total. The molecule has 0 aromatic heterocycles. The van der Waals surface area contributed by atoms with Gasteiger partial charge in [0.25, 0.3) is 0 Å². The third-order valence-electron chi connectivity index (χ3n) is 1.54. The van der Waals surface area contributed by atoms with E-state index in [1.54, 1.807) is 12.1 Å². The molecular formula is C8H10ClNO2. The maximum Gasteiger partial charge on any atom is 0.120 e. The lowest BCUT2D eigenvalue weighted by molar-refractivity contribution is 0.141. The van der Waals surface area contributed by atoms with E-state index in [0.717, 1.165) is 5.56 Å². The van der Waals surface area contributed by atoms with Gasteiger partial charge in [0.15, 0.2) is 0 Å². The van der Waals surface area contributed by atoms with E-state index in [2.05, 4.69) is 4.84 Å². The number of phenolic OH excluding ortho intramolecular Hbond substituents is 1. The van der Waals surface area contributed by atoms with E-state index in [4.69, 9.17) is 17.5 Å². The summed E-state index contributed by atoms with van der Waals surface area (Å²) in [4.78, 5) is 4.39. The lowest BCUT2D eigenvalue weighted by atomic mass is 10.1. The van der Waals surface area contributed by atoms with E-state index in [0.29, 0.717) is 18.1 Å². The van der Waals surface area contributed by atoms with Crippen LogP contribution in [0.3, 0.4) is 0 Å². The van der Waals surface area contributed by atoms with E-state index < -0.39 is 0 Å². The van der Waals surface area contributed by atoms with Gasteiger partial charge in [0.05, 0.1) is 6.61 Å². The van der Waals surface area contributed by atoms with Crippen molar-refractivity contribution in [2.75, 3.05) is 6.61 Å². The van der Waals surface area contributed by atoms with Crippen LogP contribution in [0.15, 0.2) is 18.2 Å². The summed E-state index contributed by atoms with van der Waals surface area (Å²) in [7, 11) is 0. The molecule has 0 heterocycles. The van der Waals surface area contributed by atoms with Crippen LogP contribution in [-0.2, 0) is 11.3 Å². The molecule has 1 aromatic rings. The highest BCUT2D eigenvalue weighted by molar-refractivity contribution is 6.30. The van der Waals surface area contributed by atoms with Crippen LogP contribution in [0.5, 0.6) is 5.75 Å². The molecule has 0 atom stereocenters. The zero-order valence-corrected chi connectivity index (χ0v) is 7.21. The average molecular weight is 188 g/mol. The van der Waals surface area contributed by atoms with Crippen LogP contribution < -0.4 is 5.90 Å². The zero-order valence-electron chi connectivity index (χ0n) is 6.46. The number of benzene rings is 1. The summed E-state index contributed by atoms with van der Waals surface area (Å²) in [5.74, 6) is 5.03. The first kappa shape index (κ1) is 9.32. The van der Waals surface area contributed by atoms with Crippen LogP contribution in [0, 0.1) is 0 Å². The minimum absolute atomic E-state index is 0.180. The molecule has 0 unspecified atom stereocenters. The summed E-state index contributed by atoms with van der Waals surface area (Å²) in [5.41, 5.74) is 0.782. The van der Waals surface area contributed by atoms with Crippen LogP contribution in [0.1, 0.15) is 5.56 Å². The van der Waals surface area contributed by atoms with Gasteiger partial charge in [-0.25, -0.2) is 5.90 Å². The topological polar surface area (TPSA) is 55.5 Å². The average Bonchev–Trinajstić information content (AvgIpc) is 2.03. The molecule has 4 heteroatoms. The first-order chi connectivity index (χ1) is 5.74. The third-order valence-corrected chi connectivity index (χ3v) is 1.77. The summed E-state index contributed by atoms with van der Waals surface area (Å²) in [6, 6.07) is 4.96. The Morgan fingerprint density at radius 3 is 2.83 bits per heavy atom. The Labute approximate surface area is 75.7 Å². The van der Waals surface area contributed by atoms with E-state index >= 15 is 0 Å². The molecule has 1 rings (SSSR count).